The number of thiazole rings is 1. The van der Waals surface area contributed by atoms with E-state index in [1.54, 1.807) is 11.3 Å². The van der Waals surface area contributed by atoms with Crippen molar-refractivity contribution in [2.24, 2.45) is 5.73 Å². The van der Waals surface area contributed by atoms with Crippen LogP contribution in [0.5, 0.6) is 0 Å². The minimum absolute atomic E-state index is 0.0126. The van der Waals surface area contributed by atoms with Gasteiger partial charge in [0.25, 0.3) is 0 Å². The summed E-state index contributed by atoms with van der Waals surface area (Å²) >= 11 is 5.31. The van der Waals surface area contributed by atoms with Crippen molar-refractivity contribution in [3.05, 3.63) is 39.3 Å². The number of halogens is 1. The van der Waals surface area contributed by atoms with Gasteiger partial charge in [0.05, 0.1) is 5.69 Å². The van der Waals surface area contributed by atoms with Crippen LogP contribution in [0.3, 0.4) is 0 Å². The molecule has 2 rings (SSSR count). The number of nitrogens with zero attached hydrogens (tertiary/aromatic N) is 1. The number of aryl methyl sites for hydroxylation is 1. The molecule has 96 valence electrons. The van der Waals surface area contributed by atoms with Gasteiger partial charge < -0.3 is 5.73 Å². The highest BCUT2D eigenvalue weighted by molar-refractivity contribution is 9.10. The first-order chi connectivity index (χ1) is 8.45. The van der Waals surface area contributed by atoms with E-state index in [0.717, 1.165) is 20.7 Å². The van der Waals surface area contributed by atoms with Crippen molar-refractivity contribution in [2.45, 2.75) is 26.2 Å². The van der Waals surface area contributed by atoms with Gasteiger partial charge in [-0.3, -0.25) is 0 Å². The highest BCUT2D eigenvalue weighted by Crippen LogP contribution is 2.37. The van der Waals surface area contributed by atoms with Gasteiger partial charge in [-0.15, -0.1) is 11.3 Å². The lowest BCUT2D eigenvalue weighted by Crippen LogP contribution is -2.27. The van der Waals surface area contributed by atoms with Crippen LogP contribution in [0.4, 0.5) is 0 Å². The maximum Gasteiger partial charge on any atom is 0.125 e. The molecule has 0 aliphatic rings. The first kappa shape index (κ1) is 13.7. The van der Waals surface area contributed by atoms with Gasteiger partial charge in [0.15, 0.2) is 0 Å². The maximum absolute atomic E-state index is 5.85. The molecule has 0 fully saturated rings. The van der Waals surface area contributed by atoms with Crippen LogP contribution in [0.2, 0.25) is 0 Å². The van der Waals surface area contributed by atoms with Crippen LogP contribution in [0.25, 0.3) is 10.6 Å². The van der Waals surface area contributed by atoms with E-state index in [9.17, 15) is 0 Å². The van der Waals surface area contributed by atoms with Crippen molar-refractivity contribution in [3.8, 4) is 10.6 Å². The standard InChI is InChI=1S/C14H17BrN2S/c1-9-12(14(2,3)8-16)18-13(17-9)10-6-4-5-7-11(10)15/h4-7H,8,16H2,1-3H3. The molecule has 0 spiro atoms. The topological polar surface area (TPSA) is 38.9 Å². The van der Waals surface area contributed by atoms with E-state index < -0.39 is 0 Å². The highest BCUT2D eigenvalue weighted by Gasteiger charge is 2.25. The van der Waals surface area contributed by atoms with Gasteiger partial charge in [-0.1, -0.05) is 48.0 Å². The zero-order valence-electron chi connectivity index (χ0n) is 10.8. The molecule has 0 saturated heterocycles. The van der Waals surface area contributed by atoms with Crippen LogP contribution in [0, 0.1) is 6.92 Å². The van der Waals surface area contributed by atoms with Crippen LogP contribution in [0.15, 0.2) is 28.7 Å². The molecule has 2 nitrogen and oxygen atoms in total. The van der Waals surface area contributed by atoms with Gasteiger partial charge in [0, 0.05) is 26.9 Å². The Balaban J connectivity index is 2.51. The Labute approximate surface area is 120 Å². The van der Waals surface area contributed by atoms with E-state index >= 15 is 0 Å². The number of hydrogen-bond acceptors (Lipinski definition) is 3. The smallest absolute Gasteiger partial charge is 0.125 e. The average Bonchev–Trinajstić information content (AvgIpc) is 2.72. The molecule has 0 amide bonds. The van der Waals surface area contributed by atoms with E-state index in [2.05, 4.69) is 47.8 Å². The van der Waals surface area contributed by atoms with Gasteiger partial charge in [-0.2, -0.15) is 0 Å². The number of benzene rings is 1. The van der Waals surface area contributed by atoms with E-state index in [1.165, 1.54) is 4.88 Å². The second kappa shape index (κ2) is 5.11. The lowest BCUT2D eigenvalue weighted by molar-refractivity contribution is 0.546. The lowest BCUT2D eigenvalue weighted by Gasteiger charge is -2.20. The third kappa shape index (κ3) is 2.51. The largest absolute Gasteiger partial charge is 0.330 e. The minimum Gasteiger partial charge on any atom is -0.330 e. The Morgan fingerprint density at radius 2 is 2.00 bits per heavy atom. The summed E-state index contributed by atoms with van der Waals surface area (Å²) in [7, 11) is 0. The molecular weight excluding hydrogens is 308 g/mol. The van der Waals surface area contributed by atoms with E-state index in [-0.39, 0.29) is 5.41 Å². The fourth-order valence-corrected chi connectivity index (χ4v) is 3.69. The zero-order valence-corrected chi connectivity index (χ0v) is 13.2. The molecule has 0 bridgehead atoms. The van der Waals surface area contributed by atoms with Crippen LogP contribution in [-0.2, 0) is 5.41 Å². The van der Waals surface area contributed by atoms with Crippen LogP contribution >= 0.6 is 27.3 Å². The number of nitrogens with two attached hydrogens (primary N) is 1. The maximum atomic E-state index is 5.85. The summed E-state index contributed by atoms with van der Waals surface area (Å²) in [5.41, 5.74) is 8.07. The molecule has 0 aliphatic carbocycles. The van der Waals surface area contributed by atoms with E-state index in [4.69, 9.17) is 5.73 Å². The van der Waals surface area contributed by atoms with Crippen molar-refractivity contribution in [1.29, 1.82) is 0 Å². The molecule has 18 heavy (non-hydrogen) atoms. The van der Waals surface area contributed by atoms with Crippen LogP contribution in [-0.4, -0.2) is 11.5 Å². The Morgan fingerprint density at radius 3 is 2.61 bits per heavy atom. The molecule has 0 atom stereocenters. The predicted octanol–water partition coefficient (Wildman–Crippen LogP) is 4.12. The molecule has 1 aromatic carbocycles. The first-order valence-corrected chi connectivity index (χ1v) is 7.49. The van der Waals surface area contributed by atoms with Crippen molar-refractivity contribution >= 4 is 27.3 Å². The molecule has 0 aliphatic heterocycles. The summed E-state index contributed by atoms with van der Waals surface area (Å²) in [6.45, 7) is 7.02. The van der Waals surface area contributed by atoms with Crippen LogP contribution in [0.1, 0.15) is 24.4 Å². The summed E-state index contributed by atoms with van der Waals surface area (Å²) in [4.78, 5) is 5.96. The van der Waals surface area contributed by atoms with Gasteiger partial charge >= 0.3 is 0 Å². The minimum atomic E-state index is -0.0126. The Kier molecular flexibility index (Phi) is 3.90. The van der Waals surface area contributed by atoms with Gasteiger partial charge in [-0.05, 0) is 13.0 Å². The number of aromatic nitrogens is 1. The van der Waals surface area contributed by atoms with Gasteiger partial charge in [-0.25, -0.2) is 4.98 Å². The average molecular weight is 325 g/mol. The summed E-state index contributed by atoms with van der Waals surface area (Å²) < 4.78 is 1.08. The predicted molar refractivity (Wildman–Crippen MR) is 82.1 cm³/mol. The monoisotopic (exact) mass is 324 g/mol. The van der Waals surface area contributed by atoms with E-state index in [1.807, 2.05) is 18.2 Å². The van der Waals surface area contributed by atoms with Crippen molar-refractivity contribution in [3.63, 3.8) is 0 Å². The summed E-state index contributed by atoms with van der Waals surface area (Å²) in [6.07, 6.45) is 0. The molecule has 0 saturated carbocycles. The lowest BCUT2D eigenvalue weighted by atomic mass is 9.91. The third-order valence-corrected chi connectivity index (χ3v) is 5.27. The quantitative estimate of drug-likeness (QED) is 0.922. The third-order valence-electron chi connectivity index (χ3n) is 3.03. The Morgan fingerprint density at radius 1 is 1.33 bits per heavy atom. The second-order valence-electron chi connectivity index (χ2n) is 5.00. The van der Waals surface area contributed by atoms with Gasteiger partial charge in [0.2, 0.25) is 0 Å². The fourth-order valence-electron chi connectivity index (χ4n) is 1.87. The zero-order chi connectivity index (χ0) is 13.3. The Bertz CT molecular complexity index is 561. The Hall–Kier alpha value is -0.710. The van der Waals surface area contributed by atoms with E-state index in [0.29, 0.717) is 6.54 Å². The van der Waals surface area contributed by atoms with Crippen molar-refractivity contribution in [2.75, 3.05) is 6.54 Å². The number of rotatable bonds is 3. The molecular formula is C14H17BrN2S. The molecule has 1 aromatic heterocycles. The summed E-state index contributed by atoms with van der Waals surface area (Å²) in [5.74, 6) is 0. The van der Waals surface area contributed by atoms with Crippen molar-refractivity contribution in [1.82, 2.24) is 4.98 Å². The molecule has 1 heterocycles. The highest BCUT2D eigenvalue weighted by atomic mass is 79.9. The van der Waals surface area contributed by atoms with Crippen molar-refractivity contribution < 1.29 is 0 Å². The molecule has 4 heteroatoms. The number of hydrogen-bond donors (Lipinski definition) is 1. The molecule has 0 unspecified atom stereocenters. The second-order valence-corrected chi connectivity index (χ2v) is 6.85. The fraction of sp³-hybridized carbons (Fsp3) is 0.357. The molecule has 2 aromatic rings. The summed E-state index contributed by atoms with van der Waals surface area (Å²) in [6, 6.07) is 8.17. The summed E-state index contributed by atoms with van der Waals surface area (Å²) in [5, 5.41) is 1.05. The molecule has 0 radical (unpaired) electrons. The SMILES string of the molecule is Cc1nc(-c2ccccc2Br)sc1C(C)(C)CN. The van der Waals surface area contributed by atoms with Gasteiger partial charge in [0.1, 0.15) is 5.01 Å². The normalized spacial score (nSPS) is 11.8. The molecule has 2 N–H and O–H groups in total. The first-order valence-electron chi connectivity index (χ1n) is 5.88. The van der Waals surface area contributed by atoms with Crippen LogP contribution < -0.4 is 5.73 Å².